The molecular formula is C11H12F2N2O3. The Morgan fingerprint density at radius 2 is 1.94 bits per heavy atom. The van der Waals surface area contributed by atoms with Crippen molar-refractivity contribution in [1.29, 1.82) is 0 Å². The van der Waals surface area contributed by atoms with E-state index in [1.54, 1.807) is 0 Å². The smallest absolute Gasteiger partial charge is 0.325 e. The van der Waals surface area contributed by atoms with Gasteiger partial charge in [0.25, 0.3) is 0 Å². The second kappa shape index (κ2) is 5.44. The Bertz CT molecular complexity index is 491. The standard InChI is InChI=1S/C11H12F2N2O3/c1-5-3-4-7(12)9(8(5)13)15-11(18)14-6(2)10(16)17/h3-4,6H,1-2H3,(H,16,17)(H2,14,15,18)/t6-/m0/s1. The number of rotatable bonds is 3. The molecule has 0 aliphatic heterocycles. The van der Waals surface area contributed by atoms with Gasteiger partial charge in [-0.3, -0.25) is 4.79 Å². The van der Waals surface area contributed by atoms with E-state index in [-0.39, 0.29) is 5.56 Å². The summed E-state index contributed by atoms with van der Waals surface area (Å²) in [6, 6.07) is 0.0803. The van der Waals surface area contributed by atoms with Gasteiger partial charge in [-0.05, 0) is 25.5 Å². The number of carboxylic acids is 1. The molecular weight excluding hydrogens is 246 g/mol. The van der Waals surface area contributed by atoms with E-state index in [2.05, 4.69) is 0 Å². The summed E-state index contributed by atoms with van der Waals surface area (Å²) in [6.45, 7) is 2.64. The number of halogens is 2. The Balaban J connectivity index is 2.82. The molecule has 0 aromatic heterocycles. The van der Waals surface area contributed by atoms with E-state index in [0.29, 0.717) is 0 Å². The highest BCUT2D eigenvalue weighted by atomic mass is 19.1. The van der Waals surface area contributed by atoms with E-state index < -0.39 is 35.4 Å². The molecule has 0 heterocycles. The quantitative estimate of drug-likeness (QED) is 0.774. The number of carbonyl (C=O) groups excluding carboxylic acids is 1. The Hall–Kier alpha value is -2.18. The van der Waals surface area contributed by atoms with Crippen molar-refractivity contribution in [3.8, 4) is 0 Å². The average molecular weight is 258 g/mol. The summed E-state index contributed by atoms with van der Waals surface area (Å²) < 4.78 is 26.8. The summed E-state index contributed by atoms with van der Waals surface area (Å²) in [5.41, 5.74) is -0.442. The maximum atomic E-state index is 13.5. The van der Waals surface area contributed by atoms with Crippen LogP contribution >= 0.6 is 0 Å². The Morgan fingerprint density at radius 3 is 2.50 bits per heavy atom. The number of carboxylic acid groups (broad SMARTS) is 1. The molecule has 0 aliphatic rings. The highest BCUT2D eigenvalue weighted by Crippen LogP contribution is 2.21. The van der Waals surface area contributed by atoms with Crippen LogP contribution in [0.1, 0.15) is 12.5 Å². The second-order valence-electron chi connectivity index (χ2n) is 3.71. The lowest BCUT2D eigenvalue weighted by Gasteiger charge is -2.12. The number of nitrogens with one attached hydrogen (secondary N) is 2. The van der Waals surface area contributed by atoms with Gasteiger partial charge in [0.1, 0.15) is 17.5 Å². The number of urea groups is 1. The molecule has 1 rings (SSSR count). The maximum absolute atomic E-state index is 13.5. The van der Waals surface area contributed by atoms with E-state index in [1.165, 1.54) is 19.9 Å². The zero-order valence-corrected chi connectivity index (χ0v) is 9.75. The van der Waals surface area contributed by atoms with E-state index in [0.717, 1.165) is 6.07 Å². The predicted molar refractivity (Wildman–Crippen MR) is 60.3 cm³/mol. The number of aryl methyl sites for hydroxylation is 1. The molecule has 1 aromatic carbocycles. The van der Waals surface area contributed by atoms with Gasteiger partial charge in [0, 0.05) is 0 Å². The third-order valence-electron chi connectivity index (χ3n) is 2.24. The zero-order chi connectivity index (χ0) is 13.9. The molecule has 98 valence electrons. The number of hydrogen-bond acceptors (Lipinski definition) is 2. The summed E-state index contributed by atoms with van der Waals surface area (Å²) in [5.74, 6) is -3.08. The Labute approximate surface area is 102 Å². The average Bonchev–Trinajstić information content (AvgIpc) is 2.29. The molecule has 0 spiro atoms. The molecule has 0 radical (unpaired) electrons. The second-order valence-corrected chi connectivity index (χ2v) is 3.71. The third kappa shape index (κ3) is 3.16. The minimum Gasteiger partial charge on any atom is -0.480 e. The topological polar surface area (TPSA) is 78.4 Å². The van der Waals surface area contributed by atoms with Gasteiger partial charge in [-0.15, -0.1) is 0 Å². The van der Waals surface area contributed by atoms with Gasteiger partial charge in [0.15, 0.2) is 5.82 Å². The Morgan fingerprint density at radius 1 is 1.33 bits per heavy atom. The fourth-order valence-electron chi connectivity index (χ4n) is 1.18. The van der Waals surface area contributed by atoms with Crippen LogP contribution in [-0.4, -0.2) is 23.1 Å². The molecule has 2 amide bonds. The van der Waals surface area contributed by atoms with Crippen LogP contribution in [0, 0.1) is 18.6 Å². The normalized spacial score (nSPS) is 11.8. The molecule has 0 saturated carbocycles. The fraction of sp³-hybridized carbons (Fsp3) is 0.273. The van der Waals surface area contributed by atoms with Crippen LogP contribution in [0.25, 0.3) is 0 Å². The first-order valence-corrected chi connectivity index (χ1v) is 5.08. The molecule has 1 atom stereocenters. The highest BCUT2D eigenvalue weighted by molar-refractivity contribution is 5.92. The van der Waals surface area contributed by atoms with Gasteiger partial charge in [-0.1, -0.05) is 6.07 Å². The molecule has 7 heteroatoms. The van der Waals surface area contributed by atoms with Crippen LogP contribution < -0.4 is 10.6 Å². The number of aliphatic carboxylic acids is 1. The van der Waals surface area contributed by atoms with Crippen LogP contribution in [0.15, 0.2) is 12.1 Å². The number of anilines is 1. The lowest BCUT2D eigenvalue weighted by molar-refractivity contribution is -0.138. The van der Waals surface area contributed by atoms with Gasteiger partial charge in [0.05, 0.1) is 0 Å². The van der Waals surface area contributed by atoms with Crippen molar-refractivity contribution in [2.24, 2.45) is 0 Å². The molecule has 0 fully saturated rings. The SMILES string of the molecule is Cc1ccc(F)c(NC(=O)N[C@@H](C)C(=O)O)c1F. The largest absolute Gasteiger partial charge is 0.480 e. The van der Waals surface area contributed by atoms with Crippen molar-refractivity contribution in [1.82, 2.24) is 5.32 Å². The van der Waals surface area contributed by atoms with Crippen molar-refractivity contribution in [2.45, 2.75) is 19.9 Å². The van der Waals surface area contributed by atoms with E-state index in [4.69, 9.17) is 5.11 Å². The molecule has 0 bridgehead atoms. The van der Waals surface area contributed by atoms with Crippen LogP contribution in [0.5, 0.6) is 0 Å². The first kappa shape index (κ1) is 13.9. The summed E-state index contributed by atoms with van der Waals surface area (Å²) >= 11 is 0. The van der Waals surface area contributed by atoms with Crippen LogP contribution in [-0.2, 0) is 4.79 Å². The van der Waals surface area contributed by atoms with Gasteiger partial charge in [0.2, 0.25) is 0 Å². The minimum atomic E-state index is -1.25. The first-order chi connectivity index (χ1) is 8.32. The molecule has 1 aromatic rings. The van der Waals surface area contributed by atoms with Crippen molar-refractivity contribution in [2.75, 3.05) is 5.32 Å². The number of hydrogen-bond donors (Lipinski definition) is 3. The summed E-state index contributed by atoms with van der Waals surface area (Å²) in [6.07, 6.45) is 0. The Kier molecular flexibility index (Phi) is 4.19. The minimum absolute atomic E-state index is 0.165. The molecule has 0 aliphatic carbocycles. The summed E-state index contributed by atoms with van der Waals surface area (Å²) in [5, 5.41) is 12.5. The van der Waals surface area contributed by atoms with Gasteiger partial charge < -0.3 is 15.7 Å². The van der Waals surface area contributed by atoms with Crippen molar-refractivity contribution >= 4 is 17.7 Å². The summed E-state index contributed by atoms with van der Waals surface area (Å²) in [7, 11) is 0. The van der Waals surface area contributed by atoms with Gasteiger partial charge in [-0.25, -0.2) is 13.6 Å². The van der Waals surface area contributed by atoms with Gasteiger partial charge >= 0.3 is 12.0 Å². The number of benzene rings is 1. The molecule has 18 heavy (non-hydrogen) atoms. The lowest BCUT2D eigenvalue weighted by atomic mass is 10.2. The van der Waals surface area contributed by atoms with E-state index in [9.17, 15) is 18.4 Å². The molecule has 3 N–H and O–H groups in total. The molecule has 0 unspecified atom stereocenters. The monoisotopic (exact) mass is 258 g/mol. The van der Waals surface area contributed by atoms with Crippen LogP contribution in [0.3, 0.4) is 0 Å². The van der Waals surface area contributed by atoms with Crippen molar-refractivity contribution < 1.29 is 23.5 Å². The lowest BCUT2D eigenvalue weighted by Crippen LogP contribution is -2.41. The van der Waals surface area contributed by atoms with Crippen molar-refractivity contribution in [3.63, 3.8) is 0 Å². The molecule has 5 nitrogen and oxygen atoms in total. The summed E-state index contributed by atoms with van der Waals surface area (Å²) in [4.78, 5) is 21.8. The predicted octanol–water partition coefficient (Wildman–Crippen LogP) is 1.87. The third-order valence-corrected chi connectivity index (χ3v) is 2.24. The number of amides is 2. The maximum Gasteiger partial charge on any atom is 0.325 e. The first-order valence-electron chi connectivity index (χ1n) is 5.08. The van der Waals surface area contributed by atoms with Crippen LogP contribution in [0.2, 0.25) is 0 Å². The van der Waals surface area contributed by atoms with E-state index >= 15 is 0 Å². The fourth-order valence-corrected chi connectivity index (χ4v) is 1.18. The number of carbonyl (C=O) groups is 2. The zero-order valence-electron chi connectivity index (χ0n) is 9.75. The highest BCUT2D eigenvalue weighted by Gasteiger charge is 2.17. The van der Waals surface area contributed by atoms with Crippen LogP contribution in [0.4, 0.5) is 19.3 Å². The molecule has 0 saturated heterocycles. The van der Waals surface area contributed by atoms with E-state index in [1.807, 2.05) is 10.6 Å². The van der Waals surface area contributed by atoms with Crippen molar-refractivity contribution in [3.05, 3.63) is 29.3 Å². The van der Waals surface area contributed by atoms with Gasteiger partial charge in [-0.2, -0.15) is 0 Å².